The molecular weight excluding hydrogens is 260 g/mol. The second-order valence-corrected chi connectivity index (χ2v) is 4.86. The number of aromatic nitrogens is 1. The van der Waals surface area contributed by atoms with Gasteiger partial charge in [0.2, 0.25) is 0 Å². The molecular formula is C13H18N4O3. The molecule has 0 spiro atoms. The Morgan fingerprint density at radius 1 is 1.35 bits per heavy atom. The van der Waals surface area contributed by atoms with Gasteiger partial charge in [-0.3, -0.25) is 0 Å². The molecule has 0 bridgehead atoms. The number of carboxylic acid groups (broad SMARTS) is 1. The van der Waals surface area contributed by atoms with Gasteiger partial charge < -0.3 is 21.5 Å². The fraction of sp³-hybridized carbons (Fsp3) is 0.462. The monoisotopic (exact) mass is 278 g/mol. The molecule has 1 aliphatic carbocycles. The topological polar surface area (TPSA) is 117 Å². The number of pyridine rings is 1. The van der Waals surface area contributed by atoms with E-state index in [1.165, 1.54) is 12.3 Å². The molecule has 108 valence electrons. The second-order valence-electron chi connectivity index (χ2n) is 4.86. The fourth-order valence-electron chi connectivity index (χ4n) is 2.34. The normalized spacial score (nSPS) is 22.1. The van der Waals surface area contributed by atoms with Crippen molar-refractivity contribution in [2.24, 2.45) is 5.73 Å². The number of carbonyl (C=O) groups is 2. The number of carbonyl (C=O) groups excluding carboxylic acids is 1. The lowest BCUT2D eigenvalue weighted by Gasteiger charge is -2.29. The molecule has 1 aliphatic rings. The summed E-state index contributed by atoms with van der Waals surface area (Å²) in [6.07, 6.45) is 5.20. The summed E-state index contributed by atoms with van der Waals surface area (Å²) in [4.78, 5) is 26.6. The zero-order valence-electron chi connectivity index (χ0n) is 11.0. The third-order valence-corrected chi connectivity index (χ3v) is 3.39. The molecule has 0 aliphatic heterocycles. The van der Waals surface area contributed by atoms with Crippen LogP contribution >= 0.6 is 0 Å². The first-order chi connectivity index (χ1) is 9.58. The molecule has 2 amide bonds. The number of amides is 2. The van der Waals surface area contributed by atoms with Gasteiger partial charge in [-0.2, -0.15) is 0 Å². The highest BCUT2D eigenvalue weighted by Crippen LogP contribution is 2.17. The SMILES string of the molecule is NC1CCCCC1NC(=O)Nc1cccnc1C(=O)O. The maximum Gasteiger partial charge on any atom is 0.356 e. The number of urea groups is 1. The van der Waals surface area contributed by atoms with E-state index < -0.39 is 12.0 Å². The molecule has 1 heterocycles. The van der Waals surface area contributed by atoms with Crippen LogP contribution in [-0.4, -0.2) is 34.2 Å². The number of aromatic carboxylic acids is 1. The molecule has 0 saturated heterocycles. The van der Waals surface area contributed by atoms with Gasteiger partial charge in [-0.15, -0.1) is 0 Å². The quantitative estimate of drug-likeness (QED) is 0.662. The van der Waals surface area contributed by atoms with Crippen LogP contribution in [0.1, 0.15) is 36.2 Å². The Balaban J connectivity index is 1.99. The standard InChI is InChI=1S/C13H18N4O3/c14-8-4-1-2-5-9(8)16-13(20)17-10-6-3-7-15-11(10)12(18)19/h3,6-9H,1-2,4-5,14H2,(H,18,19)(H2,16,17,20). The summed E-state index contributed by atoms with van der Waals surface area (Å²) in [5.74, 6) is -1.18. The van der Waals surface area contributed by atoms with E-state index >= 15 is 0 Å². The molecule has 7 heteroatoms. The predicted molar refractivity (Wildman–Crippen MR) is 73.6 cm³/mol. The third-order valence-electron chi connectivity index (χ3n) is 3.39. The minimum absolute atomic E-state index is 0.0534. The van der Waals surface area contributed by atoms with Gasteiger partial charge in [0.05, 0.1) is 5.69 Å². The lowest BCUT2D eigenvalue weighted by molar-refractivity contribution is 0.0691. The Kier molecular flexibility index (Phi) is 4.52. The minimum Gasteiger partial charge on any atom is -0.476 e. The van der Waals surface area contributed by atoms with Gasteiger partial charge >= 0.3 is 12.0 Å². The van der Waals surface area contributed by atoms with Gasteiger partial charge in [-0.25, -0.2) is 14.6 Å². The third kappa shape index (κ3) is 3.45. The summed E-state index contributed by atoms with van der Waals surface area (Å²) < 4.78 is 0. The van der Waals surface area contributed by atoms with Crippen LogP contribution in [0.5, 0.6) is 0 Å². The van der Waals surface area contributed by atoms with Crippen LogP contribution < -0.4 is 16.4 Å². The van der Waals surface area contributed by atoms with Crippen LogP contribution in [0, 0.1) is 0 Å². The fourth-order valence-corrected chi connectivity index (χ4v) is 2.34. The number of rotatable bonds is 3. The number of hydrogen-bond donors (Lipinski definition) is 4. The van der Waals surface area contributed by atoms with E-state index in [1.54, 1.807) is 6.07 Å². The van der Waals surface area contributed by atoms with Gasteiger partial charge in [0, 0.05) is 18.3 Å². The number of nitrogens with one attached hydrogen (secondary N) is 2. The summed E-state index contributed by atoms with van der Waals surface area (Å²) in [6, 6.07) is 2.48. The predicted octanol–water partition coefficient (Wildman–Crippen LogP) is 1.17. The molecule has 0 radical (unpaired) electrons. The van der Waals surface area contributed by atoms with Crippen molar-refractivity contribution >= 4 is 17.7 Å². The summed E-state index contributed by atoms with van der Waals surface area (Å²) in [5, 5.41) is 14.3. The van der Waals surface area contributed by atoms with Crippen molar-refractivity contribution in [1.29, 1.82) is 0 Å². The van der Waals surface area contributed by atoms with Crippen molar-refractivity contribution in [2.45, 2.75) is 37.8 Å². The molecule has 1 aromatic rings. The Labute approximate surface area is 116 Å². The Hall–Kier alpha value is -2.15. The van der Waals surface area contributed by atoms with Gasteiger partial charge in [-0.1, -0.05) is 12.8 Å². The number of carboxylic acids is 1. The number of nitrogens with two attached hydrogens (primary N) is 1. The molecule has 1 fully saturated rings. The van der Waals surface area contributed by atoms with Crippen molar-refractivity contribution in [3.63, 3.8) is 0 Å². The van der Waals surface area contributed by atoms with E-state index in [2.05, 4.69) is 15.6 Å². The minimum atomic E-state index is -1.18. The van der Waals surface area contributed by atoms with Gasteiger partial charge in [0.25, 0.3) is 0 Å². The van der Waals surface area contributed by atoms with Crippen LogP contribution in [-0.2, 0) is 0 Å². The summed E-state index contributed by atoms with van der Waals surface area (Å²) in [5.41, 5.74) is 5.93. The van der Waals surface area contributed by atoms with E-state index in [1.807, 2.05) is 0 Å². The molecule has 2 rings (SSSR count). The molecule has 0 aromatic carbocycles. The van der Waals surface area contributed by atoms with Crippen molar-refractivity contribution < 1.29 is 14.7 Å². The lowest BCUT2D eigenvalue weighted by atomic mass is 9.91. The van der Waals surface area contributed by atoms with Gasteiger partial charge in [-0.05, 0) is 25.0 Å². The van der Waals surface area contributed by atoms with Gasteiger partial charge in [0.15, 0.2) is 5.69 Å². The largest absolute Gasteiger partial charge is 0.476 e. The maximum atomic E-state index is 11.9. The number of nitrogens with zero attached hydrogens (tertiary/aromatic N) is 1. The van der Waals surface area contributed by atoms with Crippen LogP contribution in [0.2, 0.25) is 0 Å². The van der Waals surface area contributed by atoms with Crippen molar-refractivity contribution in [3.05, 3.63) is 24.0 Å². The first-order valence-corrected chi connectivity index (χ1v) is 6.59. The molecule has 2 atom stereocenters. The average Bonchev–Trinajstić information content (AvgIpc) is 2.41. The number of anilines is 1. The smallest absolute Gasteiger partial charge is 0.356 e. The van der Waals surface area contributed by atoms with Crippen LogP contribution in [0.15, 0.2) is 18.3 Å². The Morgan fingerprint density at radius 3 is 2.80 bits per heavy atom. The number of hydrogen-bond acceptors (Lipinski definition) is 4. The molecule has 2 unspecified atom stereocenters. The highest BCUT2D eigenvalue weighted by Gasteiger charge is 2.23. The van der Waals surface area contributed by atoms with Crippen LogP contribution in [0.25, 0.3) is 0 Å². The molecule has 20 heavy (non-hydrogen) atoms. The Bertz CT molecular complexity index is 506. The summed E-state index contributed by atoms with van der Waals surface area (Å²) in [6.45, 7) is 0. The molecule has 5 N–H and O–H groups in total. The van der Waals surface area contributed by atoms with E-state index in [0.717, 1.165) is 25.7 Å². The zero-order chi connectivity index (χ0) is 14.5. The first kappa shape index (κ1) is 14.3. The lowest BCUT2D eigenvalue weighted by Crippen LogP contribution is -2.50. The highest BCUT2D eigenvalue weighted by molar-refractivity contribution is 5.98. The van der Waals surface area contributed by atoms with E-state index in [4.69, 9.17) is 10.8 Å². The first-order valence-electron chi connectivity index (χ1n) is 6.59. The summed E-state index contributed by atoms with van der Waals surface area (Å²) in [7, 11) is 0. The molecule has 7 nitrogen and oxygen atoms in total. The van der Waals surface area contributed by atoms with E-state index in [-0.39, 0.29) is 23.5 Å². The van der Waals surface area contributed by atoms with Crippen molar-refractivity contribution in [1.82, 2.24) is 10.3 Å². The zero-order valence-corrected chi connectivity index (χ0v) is 11.0. The average molecular weight is 278 g/mol. The van der Waals surface area contributed by atoms with Gasteiger partial charge in [0.1, 0.15) is 0 Å². The van der Waals surface area contributed by atoms with E-state index in [0.29, 0.717) is 0 Å². The van der Waals surface area contributed by atoms with E-state index in [9.17, 15) is 9.59 Å². The molecule has 1 saturated carbocycles. The van der Waals surface area contributed by atoms with Crippen molar-refractivity contribution in [3.8, 4) is 0 Å². The Morgan fingerprint density at radius 2 is 2.10 bits per heavy atom. The van der Waals surface area contributed by atoms with Crippen LogP contribution in [0.3, 0.4) is 0 Å². The highest BCUT2D eigenvalue weighted by atomic mass is 16.4. The molecule has 1 aromatic heterocycles. The maximum absolute atomic E-state index is 11.9. The second kappa shape index (κ2) is 6.33. The van der Waals surface area contributed by atoms with Crippen molar-refractivity contribution in [2.75, 3.05) is 5.32 Å². The summed E-state index contributed by atoms with van der Waals surface area (Å²) >= 11 is 0. The van der Waals surface area contributed by atoms with Crippen LogP contribution in [0.4, 0.5) is 10.5 Å².